The number of carboxylic acids is 2. The van der Waals surface area contributed by atoms with Crippen LogP contribution in [0.3, 0.4) is 0 Å². The van der Waals surface area contributed by atoms with Crippen molar-refractivity contribution in [2.75, 3.05) is 0 Å². The van der Waals surface area contributed by atoms with Crippen LogP contribution in [-0.2, 0) is 12.4 Å². The zero-order valence-corrected chi connectivity index (χ0v) is 9.73. The molecule has 0 atom stereocenters. The lowest BCUT2D eigenvalue weighted by molar-refractivity contribution is -0.148. The minimum absolute atomic E-state index is 2.55. The van der Waals surface area contributed by atoms with Crippen molar-refractivity contribution in [3.63, 3.8) is 0 Å². The standard InChI is InChI=1S/C10H2F8O4/c11-5-1(7(19)20)3(9(13,14)15)6(12)4(10(16,17)18)2(5)8(21)22/h(H,19,20)(H,21,22). The summed E-state index contributed by atoms with van der Waals surface area (Å²) in [5.41, 5.74) is -11.2. The molecule has 0 fully saturated rings. The summed E-state index contributed by atoms with van der Waals surface area (Å²) in [6, 6.07) is 0. The molecule has 0 amide bonds. The second kappa shape index (κ2) is 5.10. The Kier molecular flexibility index (Phi) is 4.09. The van der Waals surface area contributed by atoms with E-state index in [-0.39, 0.29) is 0 Å². The Hall–Kier alpha value is -2.40. The molecular formula is C10H2F8O4. The van der Waals surface area contributed by atoms with Gasteiger partial charge in [-0.25, -0.2) is 18.4 Å². The van der Waals surface area contributed by atoms with E-state index in [1.165, 1.54) is 0 Å². The highest BCUT2D eigenvalue weighted by molar-refractivity contribution is 5.97. The van der Waals surface area contributed by atoms with Gasteiger partial charge in [-0.15, -0.1) is 0 Å². The van der Waals surface area contributed by atoms with Crippen LogP contribution in [0.15, 0.2) is 0 Å². The predicted octanol–water partition coefficient (Wildman–Crippen LogP) is 3.40. The highest BCUT2D eigenvalue weighted by Crippen LogP contribution is 2.43. The van der Waals surface area contributed by atoms with Crippen molar-refractivity contribution in [1.29, 1.82) is 0 Å². The molecule has 0 aliphatic heterocycles. The van der Waals surface area contributed by atoms with Crippen molar-refractivity contribution in [2.45, 2.75) is 12.4 Å². The van der Waals surface area contributed by atoms with Gasteiger partial charge in [0.2, 0.25) is 0 Å². The van der Waals surface area contributed by atoms with E-state index in [0.717, 1.165) is 0 Å². The normalized spacial score (nSPS) is 12.4. The molecule has 0 saturated carbocycles. The second-order valence-corrected chi connectivity index (χ2v) is 3.73. The van der Waals surface area contributed by atoms with E-state index < -0.39 is 58.2 Å². The molecule has 22 heavy (non-hydrogen) atoms. The molecule has 0 aromatic heterocycles. The SMILES string of the molecule is O=C(O)c1c(F)c(C(=O)O)c(C(F)(F)F)c(F)c1C(F)(F)F. The number of alkyl halides is 6. The van der Waals surface area contributed by atoms with Crippen molar-refractivity contribution in [3.8, 4) is 0 Å². The Morgan fingerprint density at radius 1 is 0.682 bits per heavy atom. The molecule has 122 valence electrons. The monoisotopic (exact) mass is 338 g/mol. The minimum atomic E-state index is -6.00. The number of carbonyl (C=O) groups is 2. The van der Waals surface area contributed by atoms with Crippen molar-refractivity contribution in [1.82, 2.24) is 0 Å². The zero-order chi connectivity index (χ0) is 17.6. The lowest BCUT2D eigenvalue weighted by atomic mass is 9.95. The van der Waals surface area contributed by atoms with Crippen LogP contribution < -0.4 is 0 Å². The first-order valence-electron chi connectivity index (χ1n) is 4.87. The van der Waals surface area contributed by atoms with Crippen LogP contribution in [0.1, 0.15) is 31.8 Å². The highest BCUT2D eigenvalue weighted by atomic mass is 19.4. The van der Waals surface area contributed by atoms with Crippen LogP contribution in [0.2, 0.25) is 0 Å². The number of hydrogen-bond donors (Lipinski definition) is 2. The first-order valence-corrected chi connectivity index (χ1v) is 4.87. The van der Waals surface area contributed by atoms with E-state index in [1.54, 1.807) is 0 Å². The number of aromatic carboxylic acids is 2. The molecule has 0 radical (unpaired) electrons. The largest absolute Gasteiger partial charge is 0.478 e. The average molecular weight is 338 g/mol. The number of benzene rings is 1. The fourth-order valence-electron chi connectivity index (χ4n) is 1.62. The Labute approximate surface area is 114 Å². The lowest BCUT2D eigenvalue weighted by Crippen LogP contribution is -2.26. The quantitative estimate of drug-likeness (QED) is 0.811. The smallest absolute Gasteiger partial charge is 0.420 e. The number of hydrogen-bond acceptors (Lipinski definition) is 2. The molecule has 4 nitrogen and oxygen atoms in total. The molecule has 0 spiro atoms. The third kappa shape index (κ3) is 2.80. The van der Waals surface area contributed by atoms with Gasteiger partial charge in [0.05, 0.1) is 0 Å². The molecule has 12 heteroatoms. The van der Waals surface area contributed by atoms with Crippen molar-refractivity contribution in [3.05, 3.63) is 33.9 Å². The van der Waals surface area contributed by atoms with Gasteiger partial charge in [-0.3, -0.25) is 0 Å². The molecule has 1 aromatic rings. The van der Waals surface area contributed by atoms with E-state index >= 15 is 0 Å². The van der Waals surface area contributed by atoms with Crippen LogP contribution >= 0.6 is 0 Å². The van der Waals surface area contributed by atoms with Crippen LogP contribution in [0.4, 0.5) is 35.1 Å². The molecule has 0 aliphatic rings. The topological polar surface area (TPSA) is 74.6 Å². The molecule has 1 aromatic carbocycles. The third-order valence-electron chi connectivity index (χ3n) is 2.37. The van der Waals surface area contributed by atoms with Crippen LogP contribution in [0.5, 0.6) is 0 Å². The molecular weight excluding hydrogens is 336 g/mol. The Bertz CT molecular complexity index is 605. The Morgan fingerprint density at radius 2 is 0.955 bits per heavy atom. The maximum atomic E-state index is 13.6. The van der Waals surface area contributed by atoms with Crippen LogP contribution in [0, 0.1) is 11.6 Å². The zero-order valence-electron chi connectivity index (χ0n) is 9.73. The Balaban J connectivity index is 4.18. The maximum Gasteiger partial charge on any atom is 0.420 e. The summed E-state index contributed by atoms with van der Waals surface area (Å²) in [5.74, 6) is -11.6. The molecule has 0 bridgehead atoms. The fraction of sp³-hybridized carbons (Fsp3) is 0.200. The summed E-state index contributed by atoms with van der Waals surface area (Å²) in [7, 11) is 0. The van der Waals surface area contributed by atoms with Crippen molar-refractivity contribution < 1.29 is 54.9 Å². The van der Waals surface area contributed by atoms with Gasteiger partial charge in [0, 0.05) is 0 Å². The van der Waals surface area contributed by atoms with E-state index in [9.17, 15) is 44.7 Å². The molecule has 0 saturated heterocycles. The number of halogens is 8. The van der Waals surface area contributed by atoms with Gasteiger partial charge in [0.25, 0.3) is 0 Å². The predicted molar refractivity (Wildman–Crippen MR) is 50.3 cm³/mol. The van der Waals surface area contributed by atoms with Gasteiger partial charge in [-0.2, -0.15) is 26.3 Å². The summed E-state index contributed by atoms with van der Waals surface area (Å²) >= 11 is 0. The van der Waals surface area contributed by atoms with Gasteiger partial charge in [0.1, 0.15) is 28.1 Å². The lowest BCUT2D eigenvalue weighted by Gasteiger charge is -2.19. The first-order chi connectivity index (χ1) is 9.71. The second-order valence-electron chi connectivity index (χ2n) is 3.73. The molecule has 0 aliphatic carbocycles. The van der Waals surface area contributed by atoms with Crippen LogP contribution in [-0.4, -0.2) is 22.2 Å². The summed E-state index contributed by atoms with van der Waals surface area (Å²) < 4.78 is 103. The van der Waals surface area contributed by atoms with E-state index in [4.69, 9.17) is 10.2 Å². The van der Waals surface area contributed by atoms with Gasteiger partial charge in [-0.1, -0.05) is 0 Å². The molecule has 1 rings (SSSR count). The highest BCUT2D eigenvalue weighted by Gasteiger charge is 2.50. The average Bonchev–Trinajstić information content (AvgIpc) is 2.26. The molecule has 0 heterocycles. The van der Waals surface area contributed by atoms with Crippen molar-refractivity contribution >= 4 is 11.9 Å². The maximum absolute atomic E-state index is 13.6. The van der Waals surface area contributed by atoms with Gasteiger partial charge < -0.3 is 10.2 Å². The first kappa shape index (κ1) is 17.7. The van der Waals surface area contributed by atoms with Gasteiger partial charge >= 0.3 is 24.3 Å². The summed E-state index contributed by atoms with van der Waals surface area (Å²) in [5, 5.41) is 16.9. The van der Waals surface area contributed by atoms with Gasteiger partial charge in [0.15, 0.2) is 5.82 Å². The summed E-state index contributed by atoms with van der Waals surface area (Å²) in [4.78, 5) is 21.2. The third-order valence-corrected chi connectivity index (χ3v) is 2.37. The fourth-order valence-corrected chi connectivity index (χ4v) is 1.62. The van der Waals surface area contributed by atoms with Crippen molar-refractivity contribution in [2.24, 2.45) is 0 Å². The van der Waals surface area contributed by atoms with Crippen LogP contribution in [0.25, 0.3) is 0 Å². The van der Waals surface area contributed by atoms with E-state index in [2.05, 4.69) is 0 Å². The van der Waals surface area contributed by atoms with Gasteiger partial charge in [-0.05, 0) is 0 Å². The Morgan fingerprint density at radius 3 is 1.14 bits per heavy atom. The molecule has 2 N–H and O–H groups in total. The summed E-state index contributed by atoms with van der Waals surface area (Å²) in [6.07, 6.45) is -12.0. The summed E-state index contributed by atoms with van der Waals surface area (Å²) in [6.45, 7) is 0. The number of rotatable bonds is 2. The minimum Gasteiger partial charge on any atom is -0.478 e. The molecule has 0 unspecified atom stereocenters. The number of carboxylic acid groups (broad SMARTS) is 2. The van der Waals surface area contributed by atoms with E-state index in [0.29, 0.717) is 0 Å². The van der Waals surface area contributed by atoms with E-state index in [1.807, 2.05) is 0 Å².